The van der Waals surface area contributed by atoms with Crippen LogP contribution in [0.2, 0.25) is 0 Å². The smallest absolute Gasteiger partial charge is 0.338 e. The van der Waals surface area contributed by atoms with Gasteiger partial charge in [0.05, 0.1) is 13.7 Å². The number of hydrogen-bond donors (Lipinski definition) is 0. The lowest BCUT2D eigenvalue weighted by Gasteiger charge is -2.30. The Balaban J connectivity index is 1.74. The van der Waals surface area contributed by atoms with E-state index >= 15 is 0 Å². The molecule has 1 aromatic carbocycles. The number of esters is 1. The molecule has 20 heavy (non-hydrogen) atoms. The van der Waals surface area contributed by atoms with Crippen molar-refractivity contribution in [3.05, 3.63) is 35.9 Å². The number of hydrogen-bond acceptors (Lipinski definition) is 5. The van der Waals surface area contributed by atoms with Crippen LogP contribution in [0, 0.1) is 0 Å². The van der Waals surface area contributed by atoms with E-state index in [1.54, 1.807) is 4.90 Å². The van der Waals surface area contributed by atoms with Crippen LogP contribution in [0.3, 0.4) is 0 Å². The van der Waals surface area contributed by atoms with Gasteiger partial charge in [0.1, 0.15) is 0 Å². The zero-order valence-electron chi connectivity index (χ0n) is 11.0. The molecule has 2 bridgehead atoms. The number of benzene rings is 1. The van der Waals surface area contributed by atoms with E-state index in [1.807, 2.05) is 30.3 Å². The molecule has 0 spiro atoms. The van der Waals surface area contributed by atoms with Gasteiger partial charge in [-0.3, -0.25) is 4.79 Å². The van der Waals surface area contributed by atoms with Gasteiger partial charge >= 0.3 is 5.97 Å². The van der Waals surface area contributed by atoms with E-state index in [1.165, 1.54) is 7.11 Å². The Hall–Kier alpha value is -1.92. The third-order valence-corrected chi connectivity index (χ3v) is 3.45. The molecule has 0 aliphatic carbocycles. The summed E-state index contributed by atoms with van der Waals surface area (Å²) in [7, 11) is 1.26. The van der Waals surface area contributed by atoms with Crippen molar-refractivity contribution in [1.82, 2.24) is 4.90 Å². The third-order valence-electron chi connectivity index (χ3n) is 3.45. The quantitative estimate of drug-likeness (QED) is 0.744. The molecule has 1 aromatic rings. The number of amides is 1. The predicted octanol–water partition coefficient (Wildman–Crippen LogP) is 0.312. The molecular weight excluding hydrogens is 262 g/mol. The molecule has 0 aromatic heterocycles. The van der Waals surface area contributed by atoms with Crippen LogP contribution in [0.1, 0.15) is 5.56 Å². The number of nitrogens with zero attached hydrogens (tertiary/aromatic N) is 1. The predicted molar refractivity (Wildman–Crippen MR) is 67.4 cm³/mol. The highest BCUT2D eigenvalue weighted by atomic mass is 16.7. The highest BCUT2D eigenvalue weighted by Gasteiger charge is 2.51. The Morgan fingerprint density at radius 1 is 1.35 bits per heavy atom. The van der Waals surface area contributed by atoms with Crippen LogP contribution in [0.25, 0.3) is 0 Å². The molecule has 6 heteroatoms. The monoisotopic (exact) mass is 277 g/mol. The molecule has 2 heterocycles. The first-order valence-electron chi connectivity index (χ1n) is 6.40. The highest BCUT2D eigenvalue weighted by molar-refractivity contribution is 5.90. The van der Waals surface area contributed by atoms with Crippen LogP contribution < -0.4 is 0 Å². The van der Waals surface area contributed by atoms with Gasteiger partial charge in [0, 0.05) is 6.54 Å². The van der Waals surface area contributed by atoms with E-state index in [4.69, 9.17) is 9.47 Å². The van der Waals surface area contributed by atoms with Crippen LogP contribution in [0.15, 0.2) is 30.3 Å². The first-order valence-corrected chi connectivity index (χ1v) is 6.40. The summed E-state index contributed by atoms with van der Waals surface area (Å²) in [5, 5.41) is 0. The minimum absolute atomic E-state index is 0.238. The molecule has 3 atom stereocenters. The molecule has 0 unspecified atom stereocenters. The average Bonchev–Trinajstić information content (AvgIpc) is 2.84. The summed E-state index contributed by atoms with van der Waals surface area (Å²) >= 11 is 0. The van der Waals surface area contributed by atoms with Gasteiger partial charge in [-0.1, -0.05) is 30.3 Å². The zero-order chi connectivity index (χ0) is 14.1. The maximum atomic E-state index is 12.3. The first-order chi connectivity index (χ1) is 9.69. The van der Waals surface area contributed by atoms with Crippen molar-refractivity contribution in [2.24, 2.45) is 0 Å². The first kappa shape index (κ1) is 13.1. The SMILES string of the molecule is COC(=O)[C@@H]1O[C@H]2CN(Cc3ccccc3)C(=O)[C@H]1O2. The van der Waals surface area contributed by atoms with Gasteiger partial charge in [-0.2, -0.15) is 0 Å². The molecule has 3 rings (SSSR count). The van der Waals surface area contributed by atoms with Crippen LogP contribution in [0.4, 0.5) is 0 Å². The number of carbonyl (C=O) groups is 2. The Morgan fingerprint density at radius 3 is 2.80 bits per heavy atom. The molecule has 0 saturated carbocycles. The Labute approximate surface area is 116 Å². The maximum absolute atomic E-state index is 12.3. The summed E-state index contributed by atoms with van der Waals surface area (Å²) in [6.07, 6.45) is -2.42. The zero-order valence-corrected chi connectivity index (χ0v) is 11.0. The fourth-order valence-corrected chi connectivity index (χ4v) is 2.47. The van der Waals surface area contributed by atoms with E-state index in [9.17, 15) is 9.59 Å². The van der Waals surface area contributed by atoms with Crippen LogP contribution in [-0.2, 0) is 30.3 Å². The molecular formula is C14H15NO5. The van der Waals surface area contributed by atoms with E-state index < -0.39 is 24.5 Å². The van der Waals surface area contributed by atoms with Gasteiger partial charge in [-0.25, -0.2) is 4.79 Å². The van der Waals surface area contributed by atoms with E-state index in [-0.39, 0.29) is 5.91 Å². The molecule has 2 aliphatic heterocycles. The molecule has 2 aliphatic rings. The van der Waals surface area contributed by atoms with Gasteiger partial charge in [0.2, 0.25) is 0 Å². The van der Waals surface area contributed by atoms with Crippen molar-refractivity contribution >= 4 is 11.9 Å². The Kier molecular flexibility index (Phi) is 3.42. The topological polar surface area (TPSA) is 65.1 Å². The number of methoxy groups -OCH3 is 1. The summed E-state index contributed by atoms with van der Waals surface area (Å²) in [6.45, 7) is 0.797. The van der Waals surface area contributed by atoms with Crippen LogP contribution in [0.5, 0.6) is 0 Å². The van der Waals surface area contributed by atoms with Gasteiger partial charge in [-0.15, -0.1) is 0 Å². The standard InChI is InChI=1S/C14H15NO5/c1-18-14(17)12-11-13(16)15(8-10(19-11)20-12)7-9-5-3-2-4-6-9/h2-6,10-12H,7-8H2,1H3/t10-,11-,12+/m0/s1. The lowest BCUT2D eigenvalue weighted by Crippen LogP contribution is -2.49. The Morgan fingerprint density at radius 2 is 2.10 bits per heavy atom. The highest BCUT2D eigenvalue weighted by Crippen LogP contribution is 2.28. The van der Waals surface area contributed by atoms with Crippen molar-refractivity contribution < 1.29 is 23.8 Å². The van der Waals surface area contributed by atoms with Gasteiger partial charge in [-0.05, 0) is 5.56 Å². The van der Waals surface area contributed by atoms with Crippen LogP contribution in [-0.4, -0.2) is 48.9 Å². The second-order valence-electron chi connectivity index (χ2n) is 4.77. The average molecular weight is 277 g/mol. The van der Waals surface area contributed by atoms with Crippen LogP contribution >= 0.6 is 0 Å². The van der Waals surface area contributed by atoms with Crippen molar-refractivity contribution in [1.29, 1.82) is 0 Å². The summed E-state index contributed by atoms with van der Waals surface area (Å²) < 4.78 is 15.4. The van der Waals surface area contributed by atoms with Gasteiger partial charge < -0.3 is 19.1 Å². The second-order valence-corrected chi connectivity index (χ2v) is 4.77. The van der Waals surface area contributed by atoms with Crippen molar-refractivity contribution in [3.8, 4) is 0 Å². The van der Waals surface area contributed by atoms with Crippen molar-refractivity contribution in [3.63, 3.8) is 0 Å². The van der Waals surface area contributed by atoms with E-state index in [2.05, 4.69) is 4.74 Å². The number of rotatable bonds is 3. The normalized spacial score (nSPS) is 28.6. The molecule has 6 nitrogen and oxygen atoms in total. The number of ether oxygens (including phenoxy) is 3. The lowest BCUT2D eigenvalue weighted by molar-refractivity contribution is -0.162. The second kappa shape index (κ2) is 5.22. The van der Waals surface area contributed by atoms with Gasteiger partial charge in [0.15, 0.2) is 18.5 Å². The van der Waals surface area contributed by atoms with Gasteiger partial charge in [0.25, 0.3) is 5.91 Å². The fourth-order valence-electron chi connectivity index (χ4n) is 2.47. The maximum Gasteiger partial charge on any atom is 0.338 e. The molecule has 2 fully saturated rings. The fraction of sp³-hybridized carbons (Fsp3) is 0.429. The molecule has 2 saturated heterocycles. The van der Waals surface area contributed by atoms with E-state index in [0.717, 1.165) is 5.56 Å². The molecule has 1 amide bonds. The summed E-state index contributed by atoms with van der Waals surface area (Å²) in [5.74, 6) is -0.814. The summed E-state index contributed by atoms with van der Waals surface area (Å²) in [6, 6.07) is 9.66. The lowest BCUT2D eigenvalue weighted by atomic mass is 10.1. The largest absolute Gasteiger partial charge is 0.467 e. The molecule has 0 N–H and O–H groups in total. The Bertz CT molecular complexity index is 518. The summed E-state index contributed by atoms with van der Waals surface area (Å²) in [5.41, 5.74) is 1.02. The molecule has 0 radical (unpaired) electrons. The number of fused-ring (bicyclic) bond motifs is 2. The third kappa shape index (κ3) is 2.28. The summed E-state index contributed by atoms with van der Waals surface area (Å²) in [4.78, 5) is 25.6. The number of morpholine rings is 1. The number of carbonyl (C=O) groups excluding carboxylic acids is 2. The molecule has 106 valence electrons. The van der Waals surface area contributed by atoms with Crippen molar-refractivity contribution in [2.75, 3.05) is 13.7 Å². The van der Waals surface area contributed by atoms with E-state index in [0.29, 0.717) is 13.1 Å². The van der Waals surface area contributed by atoms with Crippen molar-refractivity contribution in [2.45, 2.75) is 25.0 Å². The minimum Gasteiger partial charge on any atom is -0.467 e. The minimum atomic E-state index is -0.960.